The Balaban J connectivity index is 0.000000207. The molecule has 2 heterocycles. The number of hydrogen-bond acceptors (Lipinski definition) is 4. The molecule has 0 atom stereocenters. The maximum atomic E-state index is 10.8. The number of H-pyrrole nitrogens is 2. The Bertz CT molecular complexity index is 735. The van der Waals surface area contributed by atoms with E-state index in [1.165, 1.54) is 11.4 Å². The van der Waals surface area contributed by atoms with E-state index >= 15 is 0 Å². The van der Waals surface area contributed by atoms with E-state index in [2.05, 4.69) is 41.8 Å². The molecule has 8 heteroatoms. The summed E-state index contributed by atoms with van der Waals surface area (Å²) in [6, 6.07) is 12.0. The average molecular weight is 484 g/mol. The summed E-state index contributed by atoms with van der Waals surface area (Å²) in [7, 11) is 0. The summed E-state index contributed by atoms with van der Waals surface area (Å²) in [5.74, 6) is -3.98. The lowest BCUT2D eigenvalue weighted by molar-refractivity contribution is -0.387. The molecule has 26 heavy (non-hydrogen) atoms. The van der Waals surface area contributed by atoms with Gasteiger partial charge in [0.2, 0.25) is 0 Å². The Morgan fingerprint density at radius 3 is 1.27 bits per heavy atom. The molecule has 0 amide bonds. The predicted octanol–water partition coefficient (Wildman–Crippen LogP) is 0.690. The van der Waals surface area contributed by atoms with Crippen molar-refractivity contribution in [2.24, 2.45) is 0 Å². The van der Waals surface area contributed by atoms with E-state index in [0.717, 1.165) is 0 Å². The summed E-state index contributed by atoms with van der Waals surface area (Å²) >= 11 is 5.14. The van der Waals surface area contributed by atoms with Gasteiger partial charge in [-0.15, -0.1) is 0 Å². The van der Waals surface area contributed by atoms with Crippen molar-refractivity contribution in [2.75, 3.05) is 0 Å². The molecule has 0 saturated heterocycles. The highest BCUT2D eigenvalue weighted by atomic mass is 79.9. The predicted molar refractivity (Wildman–Crippen MR) is 97.4 cm³/mol. The minimum absolute atomic E-state index is 0.499. The highest BCUT2D eigenvalue weighted by Gasteiger charge is 2.21. The first kappa shape index (κ1) is 21.7. The lowest BCUT2D eigenvalue weighted by Crippen LogP contribution is -2.30. The van der Waals surface area contributed by atoms with Crippen LogP contribution in [0.3, 0.4) is 0 Å². The third-order valence-electron chi connectivity index (χ3n) is 2.94. The molecule has 0 saturated carbocycles. The molecule has 0 fully saturated rings. The molecule has 2 aromatic rings. The Morgan fingerprint density at radius 1 is 0.731 bits per heavy atom. The molecule has 0 spiro atoms. The smallest absolute Gasteiger partial charge is 0.185 e. The second-order valence-electron chi connectivity index (χ2n) is 5.04. The van der Waals surface area contributed by atoms with E-state index < -0.39 is 32.0 Å². The van der Waals surface area contributed by atoms with Crippen molar-refractivity contribution < 1.29 is 29.8 Å². The van der Waals surface area contributed by atoms with Crippen LogP contribution in [0.25, 0.3) is 0 Å². The number of aromatic amines is 2. The molecule has 2 aromatic heterocycles. The zero-order chi connectivity index (χ0) is 19.7. The van der Waals surface area contributed by atoms with Crippen LogP contribution in [0.5, 0.6) is 0 Å². The van der Waals surface area contributed by atoms with Crippen LogP contribution in [-0.2, 0) is 9.59 Å². The largest absolute Gasteiger partial charge is 0.869 e. The van der Waals surface area contributed by atoms with E-state index in [1.807, 2.05) is 62.6 Å². The van der Waals surface area contributed by atoms with Gasteiger partial charge in [-0.2, -0.15) is 0 Å². The minimum atomic E-state index is -0.994. The van der Waals surface area contributed by atoms with Gasteiger partial charge in [0, 0.05) is 38.1 Å². The number of ketones is 2. The fourth-order valence-corrected chi connectivity index (χ4v) is 2.29. The van der Waals surface area contributed by atoms with E-state index in [-0.39, 0.29) is 0 Å². The summed E-state index contributed by atoms with van der Waals surface area (Å²) in [5, 5.41) is 21.7. The van der Waals surface area contributed by atoms with E-state index in [4.69, 9.17) is 0 Å². The lowest BCUT2D eigenvalue weighted by atomic mass is 10.1. The van der Waals surface area contributed by atoms with Crippen LogP contribution >= 0.6 is 31.9 Å². The second-order valence-corrected chi connectivity index (χ2v) is 6.62. The molecule has 1 aliphatic rings. The van der Waals surface area contributed by atoms with Crippen LogP contribution in [0.2, 0.25) is 0 Å². The van der Waals surface area contributed by atoms with Gasteiger partial charge < -0.3 is 10.2 Å². The molecule has 3 rings (SSSR count). The number of carbonyl (C=O) groups is 2. The first-order valence-electron chi connectivity index (χ1n) is 7.35. The number of carbonyl (C=O) groups excluding carboxylic acids is 2. The minimum Gasteiger partial charge on any atom is -0.869 e. The van der Waals surface area contributed by atoms with Crippen molar-refractivity contribution >= 4 is 43.4 Å². The SMILES string of the molecule is Cc1cccc[nH+]1.Cc1cccc[nH+]1.O=C1C([O-])=C(Br)C(=O)C([O-])=C1Br. The van der Waals surface area contributed by atoms with Crippen LogP contribution < -0.4 is 20.2 Å². The second kappa shape index (κ2) is 10.6. The van der Waals surface area contributed by atoms with Gasteiger partial charge in [-0.05, 0) is 43.4 Å². The van der Waals surface area contributed by atoms with Crippen molar-refractivity contribution in [3.63, 3.8) is 0 Å². The highest BCUT2D eigenvalue weighted by Crippen LogP contribution is 2.25. The Labute approximate surface area is 167 Å². The number of hydrogen-bond donors (Lipinski definition) is 0. The Hall–Kier alpha value is -2.32. The van der Waals surface area contributed by atoms with E-state index in [9.17, 15) is 19.8 Å². The van der Waals surface area contributed by atoms with Gasteiger partial charge in [-0.25, -0.2) is 9.97 Å². The van der Waals surface area contributed by atoms with Gasteiger partial charge in [0.15, 0.2) is 35.3 Å². The van der Waals surface area contributed by atoms with Crippen molar-refractivity contribution in [3.8, 4) is 0 Å². The normalized spacial score (nSPS) is 13.5. The molecule has 0 radical (unpaired) electrons. The number of pyridine rings is 2. The number of nitrogens with one attached hydrogen (secondary N) is 2. The van der Waals surface area contributed by atoms with E-state index in [0.29, 0.717) is 0 Å². The Kier molecular flexibility index (Phi) is 8.87. The molecule has 0 aliphatic heterocycles. The molecule has 1 aliphatic carbocycles. The van der Waals surface area contributed by atoms with Crippen molar-refractivity contribution in [1.29, 1.82) is 0 Å². The number of aryl methyl sites for hydroxylation is 2. The fraction of sp³-hybridized carbons (Fsp3) is 0.111. The molecule has 2 N–H and O–H groups in total. The molecule has 6 nitrogen and oxygen atoms in total. The fourth-order valence-electron chi connectivity index (χ4n) is 1.57. The summed E-state index contributed by atoms with van der Waals surface area (Å²) in [4.78, 5) is 27.7. The monoisotopic (exact) mass is 482 g/mol. The topological polar surface area (TPSA) is 109 Å². The van der Waals surface area contributed by atoms with E-state index in [1.54, 1.807) is 0 Å². The maximum absolute atomic E-state index is 10.8. The first-order valence-corrected chi connectivity index (χ1v) is 8.94. The number of allylic oxidation sites excluding steroid dienone is 2. The van der Waals surface area contributed by atoms with Gasteiger partial charge >= 0.3 is 0 Å². The number of Topliss-reactive ketones (excluding diaryl/α,β-unsaturated/α-hetero) is 2. The first-order chi connectivity index (χ1) is 12.3. The average Bonchev–Trinajstić information content (AvgIpc) is 2.65. The maximum Gasteiger partial charge on any atom is 0.185 e. The molecule has 0 bridgehead atoms. The molecule has 0 aromatic carbocycles. The van der Waals surface area contributed by atoms with Gasteiger partial charge in [0.1, 0.15) is 0 Å². The van der Waals surface area contributed by atoms with Gasteiger partial charge in [0.05, 0.1) is 8.96 Å². The number of halogens is 2. The number of aromatic nitrogens is 2. The van der Waals surface area contributed by atoms with Crippen LogP contribution in [-0.4, -0.2) is 11.6 Å². The molecule has 0 unspecified atom stereocenters. The third kappa shape index (κ3) is 6.53. The summed E-state index contributed by atoms with van der Waals surface area (Å²) in [5.41, 5.74) is 2.39. The molecular formula is C18H16Br2N2O4. The molecule has 136 valence electrons. The summed E-state index contributed by atoms with van der Waals surface area (Å²) in [6.07, 6.45) is 3.82. The summed E-state index contributed by atoms with van der Waals surface area (Å²) in [6.45, 7) is 4.06. The van der Waals surface area contributed by atoms with Gasteiger partial charge in [-0.1, -0.05) is 12.1 Å². The Morgan fingerprint density at radius 2 is 1.08 bits per heavy atom. The third-order valence-corrected chi connectivity index (χ3v) is 4.38. The van der Waals surface area contributed by atoms with Crippen LogP contribution in [0.4, 0.5) is 0 Å². The summed E-state index contributed by atoms with van der Waals surface area (Å²) < 4.78 is -0.999. The van der Waals surface area contributed by atoms with Crippen LogP contribution in [0, 0.1) is 13.8 Å². The standard InChI is InChI=1S/C6H2Br2O4.2C6H7N/c7-1-3(9)5(11)2(8)6(12)4(1)10;2*1-6-4-2-3-5-7-6/h9,12H;2*2-5H,1H3. The van der Waals surface area contributed by atoms with Gasteiger partial charge in [-0.3, -0.25) is 9.59 Å². The van der Waals surface area contributed by atoms with Gasteiger partial charge in [0.25, 0.3) is 0 Å². The quantitative estimate of drug-likeness (QED) is 0.513. The molecular weight excluding hydrogens is 468 g/mol. The zero-order valence-corrected chi connectivity index (χ0v) is 17.2. The van der Waals surface area contributed by atoms with Crippen molar-refractivity contribution in [2.45, 2.75) is 13.8 Å². The van der Waals surface area contributed by atoms with Crippen LogP contribution in [0.15, 0.2) is 69.3 Å². The van der Waals surface area contributed by atoms with Crippen LogP contribution in [0.1, 0.15) is 11.4 Å². The zero-order valence-electron chi connectivity index (χ0n) is 14.0. The van der Waals surface area contributed by atoms with Crippen molar-refractivity contribution in [3.05, 3.63) is 80.7 Å². The lowest BCUT2D eigenvalue weighted by Gasteiger charge is -2.23. The number of rotatable bonds is 0. The highest BCUT2D eigenvalue weighted by molar-refractivity contribution is 9.12. The van der Waals surface area contributed by atoms with Crippen molar-refractivity contribution in [1.82, 2.24) is 0 Å².